The molecule has 0 aromatic rings. The first-order chi connectivity index (χ1) is 8.01. The van der Waals surface area contributed by atoms with Crippen molar-refractivity contribution in [3.05, 3.63) is 0 Å². The molecule has 1 fully saturated rings. The van der Waals surface area contributed by atoms with Gasteiger partial charge < -0.3 is 15.3 Å². The van der Waals surface area contributed by atoms with Crippen LogP contribution in [0.25, 0.3) is 0 Å². The third kappa shape index (κ3) is 5.17. The van der Waals surface area contributed by atoms with Gasteiger partial charge in [-0.1, -0.05) is 6.92 Å². The fourth-order valence-electron chi connectivity index (χ4n) is 2.59. The lowest BCUT2D eigenvalue weighted by Gasteiger charge is -2.37. The van der Waals surface area contributed by atoms with Gasteiger partial charge in [0.15, 0.2) is 0 Å². The Labute approximate surface area is 102 Å². The Hall–Kier alpha value is -1.10. The van der Waals surface area contributed by atoms with Crippen LogP contribution in [0.3, 0.4) is 0 Å². The Bertz CT molecular complexity index is 257. The third-order valence-corrected chi connectivity index (χ3v) is 3.02. The van der Waals surface area contributed by atoms with E-state index >= 15 is 0 Å². The molecule has 0 bridgehead atoms. The van der Waals surface area contributed by atoms with E-state index in [1.807, 2.05) is 0 Å². The Kier molecular flexibility index (Phi) is 5.41. The van der Waals surface area contributed by atoms with Crippen LogP contribution in [-0.4, -0.2) is 47.6 Å². The minimum Gasteiger partial charge on any atom is -0.481 e. The summed E-state index contributed by atoms with van der Waals surface area (Å²) in [5.74, 6) is -0.651. The number of hydrogen-bond donors (Lipinski definition) is 2. The van der Waals surface area contributed by atoms with Gasteiger partial charge in [-0.2, -0.15) is 0 Å². The van der Waals surface area contributed by atoms with Crippen molar-refractivity contribution in [2.75, 3.05) is 19.6 Å². The minimum atomic E-state index is -0.755. The molecule has 2 unspecified atom stereocenters. The molecule has 98 valence electrons. The molecule has 0 aliphatic carbocycles. The first-order valence-electron chi connectivity index (χ1n) is 6.22. The molecule has 0 aromatic heterocycles. The lowest BCUT2D eigenvalue weighted by Crippen LogP contribution is -2.50. The van der Waals surface area contributed by atoms with Crippen LogP contribution in [-0.2, 0) is 9.59 Å². The predicted octanol–water partition coefficient (Wildman–Crippen LogP) is 0.698. The van der Waals surface area contributed by atoms with Crippen LogP contribution in [0.5, 0.6) is 0 Å². The highest BCUT2D eigenvalue weighted by Gasteiger charge is 2.28. The number of rotatable bonds is 5. The third-order valence-electron chi connectivity index (χ3n) is 3.02. The highest BCUT2D eigenvalue weighted by Crippen LogP contribution is 2.20. The van der Waals surface area contributed by atoms with E-state index in [9.17, 15) is 9.59 Å². The average Bonchev–Trinajstić information content (AvgIpc) is 2.14. The van der Waals surface area contributed by atoms with Gasteiger partial charge in [-0.15, -0.1) is 0 Å². The Balaban J connectivity index is 2.55. The number of piperidine rings is 1. The molecule has 5 heteroatoms. The zero-order chi connectivity index (χ0) is 12.8. The fourth-order valence-corrected chi connectivity index (χ4v) is 2.59. The summed E-state index contributed by atoms with van der Waals surface area (Å²) in [6.45, 7) is 6.24. The first-order valence-corrected chi connectivity index (χ1v) is 6.22. The van der Waals surface area contributed by atoms with Crippen LogP contribution in [0.4, 0.5) is 0 Å². The summed E-state index contributed by atoms with van der Waals surface area (Å²) in [6, 6.07) is 0.0946. The molecular formula is C12H22N2O3. The van der Waals surface area contributed by atoms with Crippen molar-refractivity contribution in [1.29, 1.82) is 0 Å². The number of carbonyl (C=O) groups excluding carboxylic acids is 1. The van der Waals surface area contributed by atoms with E-state index in [2.05, 4.69) is 17.1 Å². The summed E-state index contributed by atoms with van der Waals surface area (Å²) in [5, 5.41) is 11.7. The molecule has 1 amide bonds. The van der Waals surface area contributed by atoms with Gasteiger partial charge in [0.2, 0.25) is 5.91 Å². The molecule has 2 atom stereocenters. The van der Waals surface area contributed by atoms with Crippen molar-refractivity contribution in [3.8, 4) is 0 Å². The van der Waals surface area contributed by atoms with E-state index in [4.69, 9.17) is 5.11 Å². The Morgan fingerprint density at radius 3 is 2.65 bits per heavy atom. The fraction of sp³-hybridized carbons (Fsp3) is 0.833. The van der Waals surface area contributed by atoms with Gasteiger partial charge in [0, 0.05) is 32.5 Å². The van der Waals surface area contributed by atoms with Crippen LogP contribution in [0.1, 0.15) is 33.1 Å². The summed E-state index contributed by atoms with van der Waals surface area (Å²) in [6.07, 6.45) is 2.01. The summed E-state index contributed by atoms with van der Waals surface area (Å²) in [7, 11) is 0. The van der Waals surface area contributed by atoms with Crippen LogP contribution in [0.2, 0.25) is 0 Å². The van der Waals surface area contributed by atoms with Crippen molar-refractivity contribution >= 4 is 11.9 Å². The van der Waals surface area contributed by atoms with E-state index in [1.54, 1.807) is 0 Å². The van der Waals surface area contributed by atoms with Gasteiger partial charge in [0.05, 0.1) is 0 Å². The zero-order valence-electron chi connectivity index (χ0n) is 10.6. The monoisotopic (exact) mass is 242 g/mol. The number of carbonyl (C=O) groups is 2. The van der Waals surface area contributed by atoms with E-state index < -0.39 is 5.97 Å². The molecule has 17 heavy (non-hydrogen) atoms. The predicted molar refractivity (Wildman–Crippen MR) is 64.7 cm³/mol. The molecule has 1 heterocycles. The van der Waals surface area contributed by atoms with Crippen molar-refractivity contribution in [3.63, 3.8) is 0 Å². The van der Waals surface area contributed by atoms with E-state index in [0.29, 0.717) is 0 Å². The van der Waals surface area contributed by atoms with Crippen molar-refractivity contribution in [2.24, 2.45) is 5.92 Å². The number of hydrogen-bond acceptors (Lipinski definition) is 3. The van der Waals surface area contributed by atoms with Crippen LogP contribution in [0.15, 0.2) is 0 Å². The second-order valence-electron chi connectivity index (χ2n) is 4.86. The summed E-state index contributed by atoms with van der Waals surface area (Å²) in [4.78, 5) is 24.1. The van der Waals surface area contributed by atoms with Gasteiger partial charge in [0.1, 0.15) is 0 Å². The topological polar surface area (TPSA) is 69.6 Å². The van der Waals surface area contributed by atoms with Gasteiger partial charge in [-0.05, 0) is 25.3 Å². The number of nitrogens with zero attached hydrogens (tertiary/aromatic N) is 1. The number of amides is 1. The Morgan fingerprint density at radius 1 is 1.41 bits per heavy atom. The average molecular weight is 242 g/mol. The minimum absolute atomic E-state index is 0.0394. The molecule has 1 aliphatic rings. The van der Waals surface area contributed by atoms with Crippen LogP contribution >= 0.6 is 0 Å². The lowest BCUT2D eigenvalue weighted by molar-refractivity contribution is -0.138. The van der Waals surface area contributed by atoms with E-state index in [0.717, 1.165) is 32.5 Å². The maximum Gasteiger partial charge on any atom is 0.303 e. The highest BCUT2D eigenvalue weighted by molar-refractivity contribution is 5.73. The molecule has 1 saturated heterocycles. The molecule has 0 aromatic carbocycles. The zero-order valence-corrected chi connectivity index (χ0v) is 10.6. The number of likely N-dealkylation sites (tertiary alicyclic amines) is 1. The largest absolute Gasteiger partial charge is 0.481 e. The molecule has 0 saturated carbocycles. The van der Waals surface area contributed by atoms with Crippen LogP contribution in [0, 0.1) is 5.92 Å². The van der Waals surface area contributed by atoms with Gasteiger partial charge in [-0.25, -0.2) is 0 Å². The second-order valence-corrected chi connectivity index (χ2v) is 4.86. The maximum atomic E-state index is 11.1. The summed E-state index contributed by atoms with van der Waals surface area (Å²) >= 11 is 0. The number of carboxylic acid groups (broad SMARTS) is 1. The SMILES string of the molecule is CCCN1CC(CC(=O)O)CC(NC(C)=O)C1. The molecule has 2 N–H and O–H groups in total. The number of aliphatic carboxylic acids is 1. The quantitative estimate of drug-likeness (QED) is 0.744. The van der Waals surface area contributed by atoms with Crippen molar-refractivity contribution in [1.82, 2.24) is 10.2 Å². The first kappa shape index (κ1) is 14.0. The van der Waals surface area contributed by atoms with E-state index in [-0.39, 0.29) is 24.3 Å². The summed E-state index contributed by atoms with van der Waals surface area (Å²) < 4.78 is 0. The maximum absolute atomic E-state index is 11.1. The van der Waals surface area contributed by atoms with Crippen molar-refractivity contribution < 1.29 is 14.7 Å². The van der Waals surface area contributed by atoms with Crippen molar-refractivity contribution in [2.45, 2.75) is 39.2 Å². The standard InChI is InChI=1S/C12H22N2O3/c1-3-4-14-7-10(6-12(16)17)5-11(8-14)13-9(2)15/h10-11H,3-8H2,1-2H3,(H,13,15)(H,16,17). The van der Waals surface area contributed by atoms with Gasteiger partial charge in [0.25, 0.3) is 0 Å². The van der Waals surface area contributed by atoms with Gasteiger partial charge >= 0.3 is 5.97 Å². The number of carboxylic acids is 1. The molecule has 0 radical (unpaired) electrons. The summed E-state index contributed by atoms with van der Waals surface area (Å²) in [5.41, 5.74) is 0. The molecule has 1 rings (SSSR count). The smallest absolute Gasteiger partial charge is 0.303 e. The molecule has 5 nitrogen and oxygen atoms in total. The molecule has 0 spiro atoms. The Morgan fingerprint density at radius 2 is 2.12 bits per heavy atom. The lowest BCUT2D eigenvalue weighted by atomic mass is 9.91. The second kappa shape index (κ2) is 6.59. The highest BCUT2D eigenvalue weighted by atomic mass is 16.4. The van der Waals surface area contributed by atoms with Crippen LogP contribution < -0.4 is 5.32 Å². The van der Waals surface area contributed by atoms with Gasteiger partial charge in [-0.3, -0.25) is 9.59 Å². The normalized spacial score (nSPS) is 25.5. The number of nitrogens with one attached hydrogen (secondary N) is 1. The molecular weight excluding hydrogens is 220 g/mol. The molecule has 1 aliphatic heterocycles. The van der Waals surface area contributed by atoms with E-state index in [1.165, 1.54) is 6.92 Å².